The lowest BCUT2D eigenvalue weighted by molar-refractivity contribution is -0.00145. The summed E-state index contributed by atoms with van der Waals surface area (Å²) < 4.78 is 5.67. The van der Waals surface area contributed by atoms with Gasteiger partial charge in [0.15, 0.2) is 0 Å². The van der Waals surface area contributed by atoms with E-state index in [1.54, 1.807) is 24.3 Å². The number of rotatable bonds is 4. The van der Waals surface area contributed by atoms with Gasteiger partial charge >= 0.3 is 6.09 Å². The summed E-state index contributed by atoms with van der Waals surface area (Å²) in [7, 11) is 1.93. The van der Waals surface area contributed by atoms with Crippen molar-refractivity contribution in [2.75, 3.05) is 20.1 Å². The van der Waals surface area contributed by atoms with E-state index in [1.807, 2.05) is 11.9 Å². The Labute approximate surface area is 162 Å². The molecule has 1 aliphatic heterocycles. The lowest BCUT2D eigenvalue weighted by Crippen LogP contribution is -2.59. The molecule has 2 aliphatic rings. The van der Waals surface area contributed by atoms with Crippen molar-refractivity contribution in [3.05, 3.63) is 29.3 Å². The largest absolute Gasteiger partial charge is 0.415 e. The van der Waals surface area contributed by atoms with Crippen molar-refractivity contribution in [2.24, 2.45) is 11.8 Å². The van der Waals surface area contributed by atoms with Gasteiger partial charge in [0.25, 0.3) is 0 Å². The van der Waals surface area contributed by atoms with E-state index in [4.69, 9.17) is 16.3 Å². The molecule has 1 N–H and O–H groups in total. The molecule has 1 saturated heterocycles. The molecule has 1 aromatic rings. The number of amides is 1. The van der Waals surface area contributed by atoms with Crippen molar-refractivity contribution in [1.29, 1.82) is 0 Å². The second kappa shape index (κ2) is 8.62. The molecule has 1 atom stereocenters. The molecule has 4 nitrogen and oxygen atoms in total. The van der Waals surface area contributed by atoms with E-state index >= 15 is 0 Å². The summed E-state index contributed by atoms with van der Waals surface area (Å²) in [6, 6.07) is 6.99. The van der Waals surface area contributed by atoms with Gasteiger partial charge in [0.1, 0.15) is 5.75 Å². The zero-order chi connectivity index (χ0) is 18.6. The highest BCUT2D eigenvalue weighted by Gasteiger charge is 2.47. The standard InChI is InChI=1S/C21H31ClN2O2/c1-21(16-6-4-3-5-7-16,17-12-14-23-15-13-17)24(2)20(25)26-19-10-8-18(22)9-11-19/h8-11,16-17,23H,3-7,12-15H2,1-2H3. The van der Waals surface area contributed by atoms with Crippen molar-refractivity contribution in [3.63, 3.8) is 0 Å². The van der Waals surface area contributed by atoms with Gasteiger partial charge in [-0.05, 0) is 81.8 Å². The summed E-state index contributed by atoms with van der Waals surface area (Å²) in [6.07, 6.45) is 8.24. The highest BCUT2D eigenvalue weighted by Crippen LogP contribution is 2.43. The van der Waals surface area contributed by atoms with Gasteiger partial charge in [0.05, 0.1) is 0 Å². The van der Waals surface area contributed by atoms with Gasteiger partial charge in [0, 0.05) is 17.6 Å². The predicted molar refractivity (Wildman–Crippen MR) is 106 cm³/mol. The van der Waals surface area contributed by atoms with Crippen LogP contribution in [0.25, 0.3) is 0 Å². The van der Waals surface area contributed by atoms with E-state index in [-0.39, 0.29) is 11.6 Å². The molecular weight excluding hydrogens is 348 g/mol. The molecule has 3 rings (SSSR count). The lowest BCUT2D eigenvalue weighted by Gasteiger charge is -2.51. The molecule has 1 amide bonds. The van der Waals surface area contributed by atoms with Gasteiger partial charge in [-0.25, -0.2) is 4.79 Å². The van der Waals surface area contributed by atoms with Crippen molar-refractivity contribution in [2.45, 2.75) is 57.4 Å². The zero-order valence-electron chi connectivity index (χ0n) is 16.0. The van der Waals surface area contributed by atoms with Gasteiger partial charge < -0.3 is 15.0 Å². The summed E-state index contributed by atoms with van der Waals surface area (Å²) >= 11 is 5.93. The van der Waals surface area contributed by atoms with Gasteiger partial charge in [-0.3, -0.25) is 0 Å². The average Bonchev–Trinajstić information content (AvgIpc) is 2.70. The molecule has 1 saturated carbocycles. The number of carbonyl (C=O) groups excluding carboxylic acids is 1. The van der Waals surface area contributed by atoms with Crippen LogP contribution in [-0.2, 0) is 0 Å². The number of hydrogen-bond donors (Lipinski definition) is 1. The maximum atomic E-state index is 13.0. The van der Waals surface area contributed by atoms with Crippen LogP contribution in [0.3, 0.4) is 0 Å². The number of piperidine rings is 1. The third kappa shape index (κ3) is 4.17. The smallest absolute Gasteiger partial charge is 0.410 e. The third-order valence-corrected chi connectivity index (χ3v) is 6.86. The fourth-order valence-electron chi connectivity index (χ4n) is 4.84. The fraction of sp³-hybridized carbons (Fsp3) is 0.667. The monoisotopic (exact) mass is 378 g/mol. The van der Waals surface area contributed by atoms with E-state index in [0.717, 1.165) is 25.9 Å². The van der Waals surface area contributed by atoms with Crippen LogP contribution in [0.4, 0.5) is 4.79 Å². The van der Waals surface area contributed by atoms with Crippen LogP contribution in [0.5, 0.6) is 5.75 Å². The summed E-state index contributed by atoms with van der Waals surface area (Å²) in [5.41, 5.74) is -0.161. The van der Waals surface area contributed by atoms with Crippen LogP contribution in [0.15, 0.2) is 24.3 Å². The quantitative estimate of drug-likeness (QED) is 0.791. The minimum absolute atomic E-state index is 0.161. The van der Waals surface area contributed by atoms with Crippen LogP contribution in [-0.4, -0.2) is 36.7 Å². The van der Waals surface area contributed by atoms with Crippen molar-refractivity contribution >= 4 is 17.7 Å². The molecule has 0 aromatic heterocycles. The summed E-state index contributed by atoms with van der Waals surface area (Å²) in [4.78, 5) is 14.9. The first-order chi connectivity index (χ1) is 12.5. The second-order valence-electron chi connectivity index (χ2n) is 7.97. The maximum absolute atomic E-state index is 13.0. The average molecular weight is 379 g/mol. The minimum atomic E-state index is -0.265. The van der Waals surface area contributed by atoms with Crippen molar-refractivity contribution in [3.8, 4) is 5.75 Å². The maximum Gasteiger partial charge on any atom is 0.415 e. The Morgan fingerprint density at radius 1 is 1.08 bits per heavy atom. The molecule has 0 spiro atoms. The topological polar surface area (TPSA) is 41.6 Å². The molecular formula is C21H31ClN2O2. The summed E-state index contributed by atoms with van der Waals surface area (Å²) in [5, 5.41) is 4.09. The molecule has 26 heavy (non-hydrogen) atoms. The Morgan fingerprint density at radius 2 is 1.65 bits per heavy atom. The first-order valence-electron chi connectivity index (χ1n) is 9.93. The second-order valence-corrected chi connectivity index (χ2v) is 8.40. The highest BCUT2D eigenvalue weighted by atomic mass is 35.5. The van der Waals surface area contributed by atoms with Crippen LogP contribution in [0, 0.1) is 11.8 Å². The van der Waals surface area contributed by atoms with E-state index in [1.165, 1.54) is 32.1 Å². The Balaban J connectivity index is 1.79. The number of hydrogen-bond acceptors (Lipinski definition) is 3. The van der Waals surface area contributed by atoms with Crippen LogP contribution >= 0.6 is 11.6 Å². The molecule has 1 unspecified atom stereocenters. The number of nitrogens with one attached hydrogen (secondary N) is 1. The Bertz CT molecular complexity index is 575. The zero-order valence-corrected chi connectivity index (χ0v) is 16.7. The van der Waals surface area contributed by atoms with E-state index in [9.17, 15) is 4.79 Å². The fourth-order valence-corrected chi connectivity index (χ4v) is 4.97. The van der Waals surface area contributed by atoms with Crippen LogP contribution < -0.4 is 10.1 Å². The molecule has 144 valence electrons. The number of benzene rings is 1. The first-order valence-corrected chi connectivity index (χ1v) is 10.3. The molecule has 1 aliphatic carbocycles. The SMILES string of the molecule is CN(C(=O)Oc1ccc(Cl)cc1)C(C)(C1CCCCC1)C1CCNCC1. The summed E-state index contributed by atoms with van der Waals surface area (Å²) in [6.45, 7) is 4.36. The Hall–Kier alpha value is -1.26. The van der Waals surface area contributed by atoms with Crippen molar-refractivity contribution in [1.82, 2.24) is 10.2 Å². The number of carbonyl (C=O) groups is 1. The molecule has 5 heteroatoms. The lowest BCUT2D eigenvalue weighted by atomic mass is 9.66. The van der Waals surface area contributed by atoms with Gasteiger partial charge in [-0.2, -0.15) is 0 Å². The van der Waals surface area contributed by atoms with Gasteiger partial charge in [-0.1, -0.05) is 30.9 Å². The predicted octanol–water partition coefficient (Wildman–Crippen LogP) is 5.11. The normalized spacial score (nSPS) is 21.8. The summed E-state index contributed by atoms with van der Waals surface area (Å²) in [5.74, 6) is 1.60. The van der Waals surface area contributed by atoms with Crippen LogP contribution in [0.2, 0.25) is 5.02 Å². The van der Waals surface area contributed by atoms with Gasteiger partial charge in [0.2, 0.25) is 0 Å². The Morgan fingerprint density at radius 3 is 2.27 bits per heavy atom. The first kappa shape index (κ1) is 19.5. The number of ether oxygens (including phenoxy) is 1. The number of nitrogens with zero attached hydrogens (tertiary/aromatic N) is 1. The Kier molecular flexibility index (Phi) is 6.46. The van der Waals surface area contributed by atoms with E-state index < -0.39 is 0 Å². The molecule has 0 bridgehead atoms. The van der Waals surface area contributed by atoms with Gasteiger partial charge in [-0.15, -0.1) is 0 Å². The third-order valence-electron chi connectivity index (χ3n) is 6.61. The molecule has 1 aromatic carbocycles. The minimum Gasteiger partial charge on any atom is -0.410 e. The van der Waals surface area contributed by atoms with Crippen LogP contribution in [0.1, 0.15) is 51.9 Å². The van der Waals surface area contributed by atoms with Crippen molar-refractivity contribution < 1.29 is 9.53 Å². The molecule has 0 radical (unpaired) electrons. The highest BCUT2D eigenvalue weighted by molar-refractivity contribution is 6.30. The molecule has 1 heterocycles. The van der Waals surface area contributed by atoms with E-state index in [0.29, 0.717) is 22.6 Å². The van der Waals surface area contributed by atoms with E-state index in [2.05, 4.69) is 12.2 Å². The number of halogens is 1. The molecule has 2 fully saturated rings.